The highest BCUT2D eigenvalue weighted by Crippen LogP contribution is 2.30. The standard InChI is InChI=1S/C18H23N3O2S/c1-12(2)16-19-20-17(23-16)13-8-10-21(11-9-13)18(22)14-6-4-5-7-15(14)24-3/h4-7,12-13H,8-11H2,1-3H3. The van der Waals surface area contributed by atoms with Crippen molar-refractivity contribution in [2.75, 3.05) is 19.3 Å². The zero-order valence-electron chi connectivity index (χ0n) is 14.4. The summed E-state index contributed by atoms with van der Waals surface area (Å²) in [6, 6.07) is 7.80. The summed E-state index contributed by atoms with van der Waals surface area (Å²) >= 11 is 1.61. The Morgan fingerprint density at radius 1 is 1.25 bits per heavy atom. The fourth-order valence-corrected chi connectivity index (χ4v) is 3.56. The number of hydrogen-bond acceptors (Lipinski definition) is 5. The maximum Gasteiger partial charge on any atom is 0.254 e. The summed E-state index contributed by atoms with van der Waals surface area (Å²) in [5.74, 6) is 2.03. The highest BCUT2D eigenvalue weighted by atomic mass is 32.2. The van der Waals surface area contributed by atoms with Crippen molar-refractivity contribution in [1.82, 2.24) is 15.1 Å². The maximum atomic E-state index is 12.8. The molecule has 2 heterocycles. The lowest BCUT2D eigenvalue weighted by Crippen LogP contribution is -2.38. The van der Waals surface area contributed by atoms with E-state index in [1.807, 2.05) is 49.3 Å². The average molecular weight is 345 g/mol. The lowest BCUT2D eigenvalue weighted by molar-refractivity contribution is 0.0702. The lowest BCUT2D eigenvalue weighted by Gasteiger charge is -2.31. The first-order chi connectivity index (χ1) is 11.6. The maximum absolute atomic E-state index is 12.8. The highest BCUT2D eigenvalue weighted by Gasteiger charge is 2.28. The molecule has 0 unspecified atom stereocenters. The minimum atomic E-state index is 0.117. The molecular formula is C18H23N3O2S. The molecule has 0 atom stereocenters. The highest BCUT2D eigenvalue weighted by molar-refractivity contribution is 7.98. The third-order valence-electron chi connectivity index (χ3n) is 4.42. The number of hydrogen-bond donors (Lipinski definition) is 0. The van der Waals surface area contributed by atoms with Gasteiger partial charge in [0.25, 0.3) is 5.91 Å². The van der Waals surface area contributed by atoms with Gasteiger partial charge in [0.05, 0.1) is 5.56 Å². The number of benzene rings is 1. The van der Waals surface area contributed by atoms with E-state index < -0.39 is 0 Å². The van der Waals surface area contributed by atoms with Crippen LogP contribution in [0.25, 0.3) is 0 Å². The Bertz CT molecular complexity index is 706. The minimum absolute atomic E-state index is 0.117. The van der Waals surface area contributed by atoms with E-state index >= 15 is 0 Å². The molecule has 24 heavy (non-hydrogen) atoms. The van der Waals surface area contributed by atoms with Gasteiger partial charge in [0, 0.05) is 29.8 Å². The van der Waals surface area contributed by atoms with Gasteiger partial charge in [-0.15, -0.1) is 22.0 Å². The predicted molar refractivity (Wildman–Crippen MR) is 94.5 cm³/mol. The van der Waals surface area contributed by atoms with Crippen LogP contribution in [0.5, 0.6) is 0 Å². The molecule has 0 spiro atoms. The third kappa shape index (κ3) is 3.48. The van der Waals surface area contributed by atoms with Crippen molar-refractivity contribution in [2.24, 2.45) is 0 Å². The Balaban J connectivity index is 1.65. The number of carbonyl (C=O) groups is 1. The molecule has 0 radical (unpaired) electrons. The second kappa shape index (κ2) is 7.38. The molecule has 0 aliphatic carbocycles. The van der Waals surface area contributed by atoms with Crippen molar-refractivity contribution < 1.29 is 9.21 Å². The van der Waals surface area contributed by atoms with Gasteiger partial charge in [-0.1, -0.05) is 26.0 Å². The Labute approximate surface area is 146 Å². The van der Waals surface area contributed by atoms with Crippen molar-refractivity contribution in [3.05, 3.63) is 41.6 Å². The summed E-state index contributed by atoms with van der Waals surface area (Å²) in [6.45, 7) is 5.54. The summed E-state index contributed by atoms with van der Waals surface area (Å²) < 4.78 is 5.77. The molecule has 0 saturated carbocycles. The van der Waals surface area contributed by atoms with E-state index in [1.54, 1.807) is 11.8 Å². The molecule has 1 aliphatic rings. The molecule has 2 aromatic rings. The first-order valence-electron chi connectivity index (χ1n) is 8.35. The van der Waals surface area contributed by atoms with Gasteiger partial charge in [-0.05, 0) is 31.2 Å². The molecular weight excluding hydrogens is 322 g/mol. The molecule has 0 bridgehead atoms. The molecule has 6 heteroatoms. The molecule has 5 nitrogen and oxygen atoms in total. The van der Waals surface area contributed by atoms with E-state index in [0.29, 0.717) is 5.89 Å². The summed E-state index contributed by atoms with van der Waals surface area (Å²) in [5.41, 5.74) is 0.795. The van der Waals surface area contributed by atoms with Gasteiger partial charge in [-0.25, -0.2) is 0 Å². The number of aromatic nitrogens is 2. The van der Waals surface area contributed by atoms with Gasteiger partial charge in [0.2, 0.25) is 11.8 Å². The summed E-state index contributed by atoms with van der Waals surface area (Å²) in [4.78, 5) is 15.7. The molecule has 0 N–H and O–H groups in total. The average Bonchev–Trinajstić information content (AvgIpc) is 3.11. The van der Waals surface area contributed by atoms with Crippen LogP contribution in [0.15, 0.2) is 33.6 Å². The molecule has 1 saturated heterocycles. The number of thioether (sulfide) groups is 1. The topological polar surface area (TPSA) is 59.2 Å². The SMILES string of the molecule is CSc1ccccc1C(=O)N1CCC(c2nnc(C(C)C)o2)CC1. The largest absolute Gasteiger partial charge is 0.425 e. The number of piperidine rings is 1. The molecule has 1 amide bonds. The summed E-state index contributed by atoms with van der Waals surface area (Å²) in [5, 5.41) is 8.31. The van der Waals surface area contributed by atoms with E-state index in [-0.39, 0.29) is 17.7 Å². The van der Waals surface area contributed by atoms with Crippen molar-refractivity contribution in [1.29, 1.82) is 0 Å². The van der Waals surface area contributed by atoms with Crippen LogP contribution < -0.4 is 0 Å². The Hall–Kier alpha value is -1.82. The van der Waals surface area contributed by atoms with Crippen LogP contribution in [-0.4, -0.2) is 40.3 Å². The lowest BCUT2D eigenvalue weighted by atomic mass is 9.96. The van der Waals surface area contributed by atoms with E-state index in [2.05, 4.69) is 10.2 Å². The van der Waals surface area contributed by atoms with Crippen molar-refractivity contribution in [3.8, 4) is 0 Å². The molecule has 1 aromatic heterocycles. The first kappa shape index (κ1) is 17.0. The number of amides is 1. The van der Waals surface area contributed by atoms with Crippen molar-refractivity contribution >= 4 is 17.7 Å². The zero-order chi connectivity index (χ0) is 17.1. The van der Waals surface area contributed by atoms with E-state index in [0.717, 1.165) is 42.3 Å². The van der Waals surface area contributed by atoms with Crippen LogP contribution in [-0.2, 0) is 0 Å². The zero-order valence-corrected chi connectivity index (χ0v) is 15.2. The fourth-order valence-electron chi connectivity index (χ4n) is 2.97. The second-order valence-corrected chi connectivity index (χ2v) is 7.25. The molecule has 1 fully saturated rings. The molecule has 1 aliphatic heterocycles. The minimum Gasteiger partial charge on any atom is -0.425 e. The van der Waals surface area contributed by atoms with Crippen LogP contribution in [0.4, 0.5) is 0 Å². The van der Waals surface area contributed by atoms with Crippen LogP contribution in [0.3, 0.4) is 0 Å². The van der Waals surface area contributed by atoms with Gasteiger partial charge in [0.1, 0.15) is 0 Å². The van der Waals surface area contributed by atoms with Gasteiger partial charge in [-0.3, -0.25) is 4.79 Å². The van der Waals surface area contributed by atoms with Crippen LogP contribution in [0.1, 0.15) is 60.7 Å². The van der Waals surface area contributed by atoms with Crippen molar-refractivity contribution in [2.45, 2.75) is 43.4 Å². The van der Waals surface area contributed by atoms with E-state index in [4.69, 9.17) is 4.42 Å². The van der Waals surface area contributed by atoms with E-state index in [9.17, 15) is 4.79 Å². The Kier molecular flexibility index (Phi) is 5.23. The molecule has 128 valence electrons. The summed E-state index contributed by atoms with van der Waals surface area (Å²) in [6.07, 6.45) is 3.74. The fraction of sp³-hybridized carbons (Fsp3) is 0.500. The third-order valence-corrected chi connectivity index (χ3v) is 5.21. The number of nitrogens with zero attached hydrogens (tertiary/aromatic N) is 3. The summed E-state index contributed by atoms with van der Waals surface area (Å²) in [7, 11) is 0. The predicted octanol–water partition coefficient (Wildman–Crippen LogP) is 3.93. The second-order valence-electron chi connectivity index (χ2n) is 6.40. The first-order valence-corrected chi connectivity index (χ1v) is 9.58. The van der Waals surface area contributed by atoms with Gasteiger partial charge in [0.15, 0.2) is 0 Å². The number of carbonyl (C=O) groups excluding carboxylic acids is 1. The van der Waals surface area contributed by atoms with Crippen LogP contribution in [0.2, 0.25) is 0 Å². The molecule has 3 rings (SSSR count). The van der Waals surface area contributed by atoms with Crippen molar-refractivity contribution in [3.63, 3.8) is 0 Å². The molecule has 1 aromatic carbocycles. The Morgan fingerprint density at radius 3 is 2.58 bits per heavy atom. The van der Waals surface area contributed by atoms with Gasteiger partial charge >= 0.3 is 0 Å². The van der Waals surface area contributed by atoms with Crippen LogP contribution in [0, 0.1) is 0 Å². The normalized spacial score (nSPS) is 15.9. The Morgan fingerprint density at radius 2 is 1.96 bits per heavy atom. The van der Waals surface area contributed by atoms with Gasteiger partial charge < -0.3 is 9.32 Å². The number of likely N-dealkylation sites (tertiary alicyclic amines) is 1. The smallest absolute Gasteiger partial charge is 0.254 e. The monoisotopic (exact) mass is 345 g/mol. The number of rotatable bonds is 4. The van der Waals surface area contributed by atoms with E-state index in [1.165, 1.54) is 0 Å². The van der Waals surface area contributed by atoms with Crippen LogP contribution >= 0.6 is 11.8 Å². The quantitative estimate of drug-likeness (QED) is 0.786. The van der Waals surface area contributed by atoms with Gasteiger partial charge in [-0.2, -0.15) is 0 Å².